The Bertz CT molecular complexity index is 1140. The van der Waals surface area contributed by atoms with Gasteiger partial charge in [0, 0.05) is 56.3 Å². The maximum absolute atomic E-state index is 11.6. The van der Waals surface area contributed by atoms with Crippen LogP contribution in [-0.2, 0) is 31.5 Å². The number of hydrogen-bond acceptors (Lipinski definition) is 12. The van der Waals surface area contributed by atoms with E-state index in [1.807, 2.05) is 0 Å². The molecule has 3 aliphatic heterocycles. The monoisotopic (exact) mass is 746 g/mol. The smallest absolute Gasteiger partial charge is 0.410 e. The molecule has 0 aromatic carbocycles. The molecular formula is C24H36FeN9O9S3+3. The molecule has 0 spiro atoms. The molecular weight excluding hydrogens is 710 g/mol. The van der Waals surface area contributed by atoms with Crippen molar-refractivity contribution < 1.29 is 61.5 Å². The Hall–Kier alpha value is -3.98. The topological polar surface area (TPSA) is 233 Å². The van der Waals surface area contributed by atoms with E-state index in [0.717, 1.165) is 0 Å². The minimum absolute atomic E-state index is 0. The van der Waals surface area contributed by atoms with Gasteiger partial charge >= 0.3 is 17.7 Å². The van der Waals surface area contributed by atoms with Gasteiger partial charge in [-0.15, -0.1) is 0 Å². The van der Waals surface area contributed by atoms with Crippen molar-refractivity contribution in [2.24, 2.45) is 15.5 Å². The molecule has 6 N–H and O–H groups in total. The molecule has 0 bridgehead atoms. The minimum Gasteiger partial charge on any atom is -0.410 e. The molecule has 3 rings (SSSR count). The molecule has 18 nitrogen and oxygen atoms in total. The van der Waals surface area contributed by atoms with Gasteiger partial charge in [-0.3, -0.25) is 43.5 Å². The molecule has 254 valence electrons. The van der Waals surface area contributed by atoms with Crippen molar-refractivity contribution in [3.8, 4) is 0 Å². The van der Waals surface area contributed by atoms with Crippen LogP contribution in [0.3, 0.4) is 0 Å². The SMILES string of the molecule is CCN1C(=O)C(=NO)C(=[OH+])N(CC)C1=S.CCN1C(=O)C(=NO)C(=[OH+])N(CC)C1=S.CCN1C(=O)C(=NO)C(=[OH+])N(CC)C1=S.[Fe]. The van der Waals surface area contributed by atoms with E-state index < -0.39 is 35.4 Å². The van der Waals surface area contributed by atoms with E-state index >= 15 is 0 Å². The van der Waals surface area contributed by atoms with Gasteiger partial charge in [0.1, 0.15) is 0 Å². The van der Waals surface area contributed by atoms with Crippen LogP contribution in [0.2, 0.25) is 0 Å². The van der Waals surface area contributed by atoms with Crippen LogP contribution in [0, 0.1) is 0 Å². The van der Waals surface area contributed by atoms with Crippen molar-refractivity contribution in [3.05, 3.63) is 0 Å². The fourth-order valence-corrected chi connectivity index (χ4v) is 5.26. The second-order valence-corrected chi connectivity index (χ2v) is 9.64. The van der Waals surface area contributed by atoms with Crippen LogP contribution >= 0.6 is 36.7 Å². The van der Waals surface area contributed by atoms with Crippen molar-refractivity contribution in [1.82, 2.24) is 29.4 Å². The van der Waals surface area contributed by atoms with Crippen molar-refractivity contribution in [2.75, 3.05) is 39.3 Å². The second-order valence-electron chi connectivity index (χ2n) is 8.55. The molecule has 0 radical (unpaired) electrons. The molecule has 3 heterocycles. The van der Waals surface area contributed by atoms with Crippen LogP contribution < -0.4 is 0 Å². The summed E-state index contributed by atoms with van der Waals surface area (Å²) in [4.78, 5) is 71.4. The largest absolute Gasteiger partial charge is 0.458 e. The van der Waals surface area contributed by atoms with Gasteiger partial charge in [-0.05, 0) is 78.2 Å². The van der Waals surface area contributed by atoms with Crippen LogP contribution in [-0.4, -0.2) is 167 Å². The molecule has 3 aliphatic rings. The average Bonchev–Trinajstić information content (AvgIpc) is 3.00. The summed E-state index contributed by atoms with van der Waals surface area (Å²) in [5, 5.41) is 34.9. The molecule has 0 aromatic heterocycles. The number of carbonyl (C=O) groups is 3. The Morgan fingerprint density at radius 2 is 0.652 bits per heavy atom. The Labute approximate surface area is 290 Å². The quantitative estimate of drug-likeness (QED) is 0.103. The third-order valence-corrected chi connectivity index (χ3v) is 7.65. The zero-order chi connectivity index (χ0) is 34.8. The predicted octanol–water partition coefficient (Wildman–Crippen LogP) is -0.639. The van der Waals surface area contributed by atoms with Gasteiger partial charge < -0.3 is 15.6 Å². The molecule has 0 atom stereocenters. The molecule has 0 aromatic rings. The summed E-state index contributed by atoms with van der Waals surface area (Å²) in [7, 11) is 0. The molecule has 6 amide bonds. The van der Waals surface area contributed by atoms with Gasteiger partial charge in [0.05, 0.1) is 0 Å². The number of carbonyl (C=O) groups excluding carboxylic acids is 6. The Kier molecular flexibility index (Phi) is 17.2. The molecule has 3 fully saturated rings. The normalized spacial score (nSPS) is 20.0. The summed E-state index contributed by atoms with van der Waals surface area (Å²) in [6.07, 6.45) is 0. The molecule has 3 saturated heterocycles. The van der Waals surface area contributed by atoms with Crippen molar-refractivity contribution in [2.45, 2.75) is 41.5 Å². The zero-order valence-corrected chi connectivity index (χ0v) is 29.3. The van der Waals surface area contributed by atoms with Crippen LogP contribution in [0.1, 0.15) is 41.5 Å². The van der Waals surface area contributed by atoms with E-state index in [1.54, 1.807) is 41.5 Å². The van der Waals surface area contributed by atoms with Crippen molar-refractivity contribution >= 4 is 105 Å². The maximum atomic E-state index is 11.6. The fourth-order valence-electron chi connectivity index (χ4n) is 3.98. The first kappa shape index (κ1) is 42.0. The van der Waals surface area contributed by atoms with E-state index in [4.69, 9.17) is 52.3 Å². The number of hydrogen-bond donors (Lipinski definition) is 3. The number of nitrogens with zero attached hydrogens (tertiary/aromatic N) is 9. The van der Waals surface area contributed by atoms with Crippen LogP contribution in [0.15, 0.2) is 15.5 Å². The summed E-state index contributed by atoms with van der Waals surface area (Å²) in [6.45, 7) is 12.8. The number of amides is 6. The van der Waals surface area contributed by atoms with Crippen LogP contribution in [0.25, 0.3) is 0 Å². The number of thiocarbonyl (C=S) groups is 3. The van der Waals surface area contributed by atoms with Crippen LogP contribution in [0.4, 0.5) is 0 Å². The third kappa shape index (κ3) is 8.23. The Morgan fingerprint density at radius 3 is 0.783 bits per heavy atom. The van der Waals surface area contributed by atoms with Gasteiger partial charge in [-0.25, -0.2) is 14.7 Å². The van der Waals surface area contributed by atoms with Gasteiger partial charge in [0.25, 0.3) is 34.9 Å². The zero-order valence-electron chi connectivity index (χ0n) is 25.8. The number of oxime groups is 3. The first-order valence-corrected chi connectivity index (χ1v) is 14.7. The third-order valence-electron chi connectivity index (χ3n) is 6.33. The van der Waals surface area contributed by atoms with Gasteiger partial charge in [-0.2, -0.15) is 0 Å². The standard InChI is InChI=1S/3C8H11N3O3S.Fe/c3*1-3-10-6(12)5(9-14)7(13)11(4-2)8(10)15;/h3*14H,3-4H2,1-2H3;/p+3. The molecule has 46 heavy (non-hydrogen) atoms. The summed E-state index contributed by atoms with van der Waals surface area (Å²) >= 11 is 15.0. The van der Waals surface area contributed by atoms with Crippen molar-refractivity contribution in [1.29, 1.82) is 0 Å². The predicted molar refractivity (Wildman–Crippen MR) is 176 cm³/mol. The van der Waals surface area contributed by atoms with Gasteiger partial charge in [-0.1, -0.05) is 15.5 Å². The Balaban J connectivity index is 0.000000653. The summed E-state index contributed by atoms with van der Waals surface area (Å²) < 4.78 is 0. The number of rotatable bonds is 6. The van der Waals surface area contributed by atoms with E-state index in [0.29, 0.717) is 39.3 Å². The average molecular weight is 747 g/mol. The van der Waals surface area contributed by atoms with Gasteiger partial charge in [0.15, 0.2) is 15.3 Å². The Morgan fingerprint density at radius 1 is 0.478 bits per heavy atom. The van der Waals surface area contributed by atoms with E-state index in [9.17, 15) is 28.8 Å². The summed E-state index contributed by atoms with van der Waals surface area (Å²) in [5.74, 6) is -2.98. The van der Waals surface area contributed by atoms with Gasteiger partial charge in [0.2, 0.25) is 0 Å². The first-order chi connectivity index (χ1) is 21.2. The molecule has 22 heteroatoms. The molecule has 0 saturated carbocycles. The molecule has 0 aliphatic carbocycles. The van der Waals surface area contributed by atoms with E-state index in [2.05, 4.69) is 15.5 Å². The molecule has 0 unspecified atom stereocenters. The van der Waals surface area contributed by atoms with E-state index in [1.165, 1.54) is 29.4 Å². The summed E-state index contributed by atoms with van der Waals surface area (Å²) in [6, 6.07) is 0. The minimum atomic E-state index is -0.591. The second kappa shape index (κ2) is 18.9. The summed E-state index contributed by atoms with van der Waals surface area (Å²) in [5.41, 5.74) is -1.15. The van der Waals surface area contributed by atoms with E-state index in [-0.39, 0.29) is 49.5 Å². The fraction of sp³-hybridized carbons (Fsp3) is 0.500. The first-order valence-electron chi connectivity index (χ1n) is 13.5. The maximum Gasteiger partial charge on any atom is 0.458 e. The van der Waals surface area contributed by atoms with Crippen molar-refractivity contribution in [3.63, 3.8) is 0 Å². The van der Waals surface area contributed by atoms with Crippen LogP contribution in [0.5, 0.6) is 0 Å².